The molecule has 0 aliphatic rings. The summed E-state index contributed by atoms with van der Waals surface area (Å²) in [6.45, 7) is 0.512. The third-order valence-electron chi connectivity index (χ3n) is 4.70. The van der Waals surface area contributed by atoms with Crippen molar-refractivity contribution in [3.8, 4) is 11.3 Å². The molecule has 0 aliphatic carbocycles. The van der Waals surface area contributed by atoms with Crippen molar-refractivity contribution in [2.75, 3.05) is 5.32 Å². The van der Waals surface area contributed by atoms with Gasteiger partial charge in [-0.1, -0.05) is 41.9 Å². The Kier molecular flexibility index (Phi) is 4.54. The molecule has 2 N–H and O–H groups in total. The molecule has 0 amide bonds. The largest absolute Gasteiger partial charge is 0.364 e. The van der Waals surface area contributed by atoms with Gasteiger partial charge in [-0.25, -0.2) is 19.9 Å². The van der Waals surface area contributed by atoms with Crippen LogP contribution in [0.15, 0.2) is 66.1 Å². The van der Waals surface area contributed by atoms with Gasteiger partial charge >= 0.3 is 0 Å². The minimum atomic E-state index is 0.512. The van der Waals surface area contributed by atoms with Crippen molar-refractivity contribution in [3.63, 3.8) is 0 Å². The Bertz CT molecular complexity index is 1350. The van der Waals surface area contributed by atoms with E-state index in [1.165, 1.54) is 6.33 Å². The molecule has 5 rings (SSSR count). The van der Waals surface area contributed by atoms with Crippen molar-refractivity contribution in [1.82, 2.24) is 24.9 Å². The Labute approximate surface area is 176 Å². The summed E-state index contributed by atoms with van der Waals surface area (Å²) in [6, 6.07) is 15.8. The number of thiol groups is 1. The maximum absolute atomic E-state index is 6.41. The normalized spacial score (nSPS) is 11.2. The van der Waals surface area contributed by atoms with E-state index in [0.717, 1.165) is 38.1 Å². The molecule has 5 aromatic rings. The van der Waals surface area contributed by atoms with Crippen molar-refractivity contribution in [3.05, 3.63) is 71.8 Å². The number of halogens is 1. The van der Waals surface area contributed by atoms with Gasteiger partial charge in [0.25, 0.3) is 0 Å². The van der Waals surface area contributed by atoms with Gasteiger partial charge in [-0.05, 0) is 23.8 Å². The third-order valence-corrected chi connectivity index (χ3v) is 5.40. The fourth-order valence-corrected chi connectivity index (χ4v) is 3.82. The topological polar surface area (TPSA) is 79.4 Å². The number of hydrogen-bond donors (Lipinski definition) is 3. The molecular formula is C21H15ClN6S. The van der Waals surface area contributed by atoms with Gasteiger partial charge in [-0.2, -0.15) is 0 Å². The van der Waals surface area contributed by atoms with Crippen LogP contribution in [0, 0.1) is 0 Å². The maximum Gasteiger partial charge on any atom is 0.182 e. The maximum atomic E-state index is 6.41. The molecule has 3 aromatic heterocycles. The van der Waals surface area contributed by atoms with E-state index in [0.29, 0.717) is 23.0 Å². The van der Waals surface area contributed by atoms with E-state index in [1.807, 2.05) is 42.5 Å². The standard InChI is InChI=1S/C21H15ClN6S/c22-15-6-3-4-12-8-13(9-23-20-19-21(25-10-24-19)27-11-26-20)17(28-18(12)15)14-5-1-2-7-16(14)29/h1-8,10-11,29H,9H2,(H2,23,24,25,26,27). The van der Waals surface area contributed by atoms with Crippen LogP contribution in [0.25, 0.3) is 33.3 Å². The molecule has 0 saturated heterocycles. The summed E-state index contributed by atoms with van der Waals surface area (Å²) < 4.78 is 0. The van der Waals surface area contributed by atoms with Crippen LogP contribution < -0.4 is 5.32 Å². The molecule has 0 unspecified atom stereocenters. The van der Waals surface area contributed by atoms with Gasteiger partial charge in [0, 0.05) is 22.4 Å². The van der Waals surface area contributed by atoms with E-state index in [-0.39, 0.29) is 0 Å². The Morgan fingerprint density at radius 3 is 2.83 bits per heavy atom. The quantitative estimate of drug-likeness (QED) is 0.353. The number of hydrogen-bond acceptors (Lipinski definition) is 6. The van der Waals surface area contributed by atoms with Crippen LogP contribution >= 0.6 is 24.2 Å². The van der Waals surface area contributed by atoms with E-state index in [4.69, 9.17) is 16.6 Å². The number of rotatable bonds is 4. The number of aromatic nitrogens is 5. The van der Waals surface area contributed by atoms with Crippen molar-refractivity contribution >= 4 is 52.1 Å². The predicted octanol–water partition coefficient (Wildman–Crippen LogP) is 5.12. The molecule has 0 fully saturated rings. The zero-order chi connectivity index (χ0) is 19.8. The van der Waals surface area contributed by atoms with Gasteiger partial charge in [0.05, 0.1) is 22.6 Å². The average Bonchev–Trinajstić information content (AvgIpc) is 3.22. The molecule has 0 atom stereocenters. The van der Waals surface area contributed by atoms with Crippen molar-refractivity contribution < 1.29 is 0 Å². The number of benzene rings is 2. The molecule has 2 aromatic carbocycles. The summed E-state index contributed by atoms with van der Waals surface area (Å²) in [5.41, 5.74) is 4.93. The lowest BCUT2D eigenvalue weighted by molar-refractivity contribution is 1.09. The van der Waals surface area contributed by atoms with Crippen LogP contribution in [0.3, 0.4) is 0 Å². The minimum Gasteiger partial charge on any atom is -0.364 e. The Morgan fingerprint density at radius 2 is 1.93 bits per heavy atom. The van der Waals surface area contributed by atoms with Crippen molar-refractivity contribution in [2.45, 2.75) is 11.4 Å². The highest BCUT2D eigenvalue weighted by atomic mass is 35.5. The molecule has 0 bridgehead atoms. The zero-order valence-electron chi connectivity index (χ0n) is 15.1. The molecule has 0 saturated carbocycles. The monoisotopic (exact) mass is 418 g/mol. The van der Waals surface area contributed by atoms with Crippen LogP contribution in [-0.2, 0) is 6.54 Å². The number of anilines is 1. The van der Waals surface area contributed by atoms with Crippen LogP contribution in [0.4, 0.5) is 5.82 Å². The highest BCUT2D eigenvalue weighted by molar-refractivity contribution is 7.80. The first-order chi connectivity index (χ1) is 14.2. The lowest BCUT2D eigenvalue weighted by Gasteiger charge is -2.14. The second-order valence-corrected chi connectivity index (χ2v) is 7.39. The second-order valence-electron chi connectivity index (χ2n) is 6.50. The van der Waals surface area contributed by atoms with E-state index < -0.39 is 0 Å². The molecule has 3 heterocycles. The van der Waals surface area contributed by atoms with Crippen LogP contribution in [-0.4, -0.2) is 24.9 Å². The number of aromatic amines is 1. The zero-order valence-corrected chi connectivity index (χ0v) is 16.7. The molecule has 0 aliphatic heterocycles. The summed E-state index contributed by atoms with van der Waals surface area (Å²) >= 11 is 11.0. The van der Waals surface area contributed by atoms with Gasteiger partial charge in [0.15, 0.2) is 11.5 Å². The van der Waals surface area contributed by atoms with Crippen LogP contribution in [0.5, 0.6) is 0 Å². The van der Waals surface area contributed by atoms with E-state index in [1.54, 1.807) is 6.33 Å². The molecule has 0 spiro atoms. The number of pyridine rings is 1. The van der Waals surface area contributed by atoms with Gasteiger partial charge in [-0.3, -0.25) is 0 Å². The molecule has 8 heteroatoms. The van der Waals surface area contributed by atoms with Gasteiger partial charge in [-0.15, -0.1) is 12.6 Å². The van der Waals surface area contributed by atoms with Crippen molar-refractivity contribution in [1.29, 1.82) is 0 Å². The number of para-hydroxylation sites is 1. The number of nitrogens with zero attached hydrogens (tertiary/aromatic N) is 4. The second kappa shape index (κ2) is 7.35. The third kappa shape index (κ3) is 3.28. The van der Waals surface area contributed by atoms with Gasteiger partial charge in [0.1, 0.15) is 11.8 Å². The summed E-state index contributed by atoms with van der Waals surface area (Å²) in [6.07, 6.45) is 3.10. The molecule has 29 heavy (non-hydrogen) atoms. The molecule has 6 nitrogen and oxygen atoms in total. The number of fused-ring (bicyclic) bond motifs is 2. The first-order valence-electron chi connectivity index (χ1n) is 8.95. The molecule has 0 radical (unpaired) electrons. The van der Waals surface area contributed by atoms with Gasteiger partial charge < -0.3 is 10.3 Å². The predicted molar refractivity (Wildman–Crippen MR) is 118 cm³/mol. The van der Waals surface area contributed by atoms with Crippen LogP contribution in [0.1, 0.15) is 5.56 Å². The lowest BCUT2D eigenvalue weighted by atomic mass is 10.0. The van der Waals surface area contributed by atoms with E-state index in [9.17, 15) is 0 Å². The average molecular weight is 419 g/mol. The number of nitrogens with one attached hydrogen (secondary N) is 2. The Morgan fingerprint density at radius 1 is 1.03 bits per heavy atom. The highest BCUT2D eigenvalue weighted by Crippen LogP contribution is 2.32. The SMILES string of the molecule is Sc1ccccc1-c1nc2c(Cl)cccc2cc1CNc1ncnc2nc[nH]c12. The molecule has 142 valence electrons. The summed E-state index contributed by atoms with van der Waals surface area (Å²) in [7, 11) is 0. The van der Waals surface area contributed by atoms with Crippen LogP contribution in [0.2, 0.25) is 5.02 Å². The smallest absolute Gasteiger partial charge is 0.182 e. The fourth-order valence-electron chi connectivity index (χ4n) is 3.33. The van der Waals surface area contributed by atoms with Crippen molar-refractivity contribution in [2.24, 2.45) is 0 Å². The van der Waals surface area contributed by atoms with E-state index >= 15 is 0 Å². The minimum absolute atomic E-state index is 0.512. The fraction of sp³-hybridized carbons (Fsp3) is 0.0476. The summed E-state index contributed by atoms with van der Waals surface area (Å²) in [5, 5.41) is 4.97. The first-order valence-corrected chi connectivity index (χ1v) is 9.77. The summed E-state index contributed by atoms with van der Waals surface area (Å²) in [4.78, 5) is 21.5. The van der Waals surface area contributed by atoms with E-state index in [2.05, 4.69) is 43.9 Å². The molecular weight excluding hydrogens is 404 g/mol. The number of imidazole rings is 1. The number of H-pyrrole nitrogens is 1. The lowest BCUT2D eigenvalue weighted by Crippen LogP contribution is -2.05. The Balaban J connectivity index is 1.63. The highest BCUT2D eigenvalue weighted by Gasteiger charge is 2.14. The Hall–Kier alpha value is -3.16. The summed E-state index contributed by atoms with van der Waals surface area (Å²) in [5.74, 6) is 0.684. The van der Waals surface area contributed by atoms with Gasteiger partial charge in [0.2, 0.25) is 0 Å². The first kappa shape index (κ1) is 17.9.